The van der Waals surface area contributed by atoms with E-state index in [1.165, 1.54) is 16.4 Å². The average molecular weight is 350 g/mol. The molecule has 1 aromatic carbocycles. The summed E-state index contributed by atoms with van der Waals surface area (Å²) < 4.78 is 26.9. The van der Waals surface area contributed by atoms with Crippen molar-refractivity contribution in [1.29, 1.82) is 0 Å². The zero-order valence-electron chi connectivity index (χ0n) is 11.6. The molecular weight excluding hydrogens is 334 g/mol. The lowest BCUT2D eigenvalue weighted by molar-refractivity contribution is 0.0697. The third-order valence-electron chi connectivity index (χ3n) is 3.60. The standard InChI is InChI=1S/C13H16ClNO4S2/c1-8-9(2)20-6-5-15(8)21(18,19)10-3-4-12(14)11(7-10)13(16)17/h3-4,7-9H,5-6H2,1-2H3,(H,16,17). The molecule has 1 aliphatic rings. The summed E-state index contributed by atoms with van der Waals surface area (Å²) in [5.74, 6) is -0.517. The minimum atomic E-state index is -3.72. The molecular formula is C13H16ClNO4S2. The quantitative estimate of drug-likeness (QED) is 0.907. The number of nitrogens with zero attached hydrogens (tertiary/aromatic N) is 1. The molecule has 116 valence electrons. The van der Waals surface area contributed by atoms with Crippen molar-refractivity contribution in [3.8, 4) is 0 Å². The average Bonchev–Trinajstić information content (AvgIpc) is 2.41. The Kier molecular flexibility index (Phi) is 4.87. The van der Waals surface area contributed by atoms with Crippen LogP contribution < -0.4 is 0 Å². The van der Waals surface area contributed by atoms with Gasteiger partial charge in [0.05, 0.1) is 15.5 Å². The van der Waals surface area contributed by atoms with Gasteiger partial charge >= 0.3 is 5.97 Å². The number of benzene rings is 1. The van der Waals surface area contributed by atoms with E-state index in [9.17, 15) is 13.2 Å². The first-order valence-electron chi connectivity index (χ1n) is 6.41. The van der Waals surface area contributed by atoms with Crippen molar-refractivity contribution < 1.29 is 18.3 Å². The molecule has 21 heavy (non-hydrogen) atoms. The van der Waals surface area contributed by atoms with Gasteiger partial charge in [0.1, 0.15) is 0 Å². The molecule has 1 saturated heterocycles. The summed E-state index contributed by atoms with van der Waals surface area (Å²) in [5, 5.41) is 9.28. The molecule has 1 N–H and O–H groups in total. The molecule has 0 radical (unpaired) electrons. The number of rotatable bonds is 3. The van der Waals surface area contributed by atoms with Crippen LogP contribution in [0.15, 0.2) is 23.1 Å². The number of carbonyl (C=O) groups is 1. The van der Waals surface area contributed by atoms with Gasteiger partial charge in [-0.05, 0) is 25.1 Å². The molecule has 0 amide bonds. The van der Waals surface area contributed by atoms with Gasteiger partial charge in [0, 0.05) is 23.6 Å². The molecule has 2 atom stereocenters. The minimum absolute atomic E-state index is 0.0251. The summed E-state index contributed by atoms with van der Waals surface area (Å²) in [7, 11) is -3.72. The van der Waals surface area contributed by atoms with Crippen LogP contribution in [0.3, 0.4) is 0 Å². The van der Waals surface area contributed by atoms with Gasteiger partial charge in [-0.2, -0.15) is 16.1 Å². The van der Waals surface area contributed by atoms with E-state index in [2.05, 4.69) is 0 Å². The maximum absolute atomic E-state index is 12.7. The van der Waals surface area contributed by atoms with Crippen molar-refractivity contribution in [3.63, 3.8) is 0 Å². The largest absolute Gasteiger partial charge is 0.478 e. The number of hydrogen-bond donors (Lipinski definition) is 1. The Morgan fingerprint density at radius 2 is 2.10 bits per heavy atom. The Morgan fingerprint density at radius 1 is 1.43 bits per heavy atom. The fraction of sp³-hybridized carbons (Fsp3) is 0.462. The topological polar surface area (TPSA) is 74.7 Å². The summed E-state index contributed by atoms with van der Waals surface area (Å²) in [6.45, 7) is 4.27. The summed E-state index contributed by atoms with van der Waals surface area (Å²) in [6.07, 6.45) is 0. The first-order chi connectivity index (χ1) is 9.75. The second-order valence-corrected chi connectivity index (χ2v) is 8.66. The Hall–Kier alpha value is -0.760. The monoisotopic (exact) mass is 349 g/mol. The molecule has 0 aliphatic carbocycles. The van der Waals surface area contributed by atoms with Gasteiger partial charge in [-0.15, -0.1) is 0 Å². The van der Waals surface area contributed by atoms with Crippen LogP contribution in [0, 0.1) is 0 Å². The Morgan fingerprint density at radius 3 is 2.71 bits per heavy atom. The third-order valence-corrected chi connectivity index (χ3v) is 7.25. The number of thioether (sulfide) groups is 1. The number of hydrogen-bond acceptors (Lipinski definition) is 4. The van der Waals surface area contributed by atoms with E-state index in [1.807, 2.05) is 13.8 Å². The first kappa shape index (κ1) is 16.6. The maximum atomic E-state index is 12.7. The molecule has 1 heterocycles. The zero-order chi connectivity index (χ0) is 15.8. The molecule has 5 nitrogen and oxygen atoms in total. The van der Waals surface area contributed by atoms with Gasteiger partial charge in [-0.1, -0.05) is 18.5 Å². The van der Waals surface area contributed by atoms with Crippen molar-refractivity contribution in [3.05, 3.63) is 28.8 Å². The lowest BCUT2D eigenvalue weighted by Crippen LogP contribution is -2.47. The van der Waals surface area contributed by atoms with Crippen molar-refractivity contribution in [2.24, 2.45) is 0 Å². The highest BCUT2D eigenvalue weighted by atomic mass is 35.5. The van der Waals surface area contributed by atoms with Gasteiger partial charge < -0.3 is 5.11 Å². The number of halogens is 1. The van der Waals surface area contributed by atoms with Crippen molar-refractivity contribution in [1.82, 2.24) is 4.31 Å². The summed E-state index contributed by atoms with van der Waals surface area (Å²) in [4.78, 5) is 11.1. The Bertz CT molecular complexity index is 662. The zero-order valence-corrected chi connectivity index (χ0v) is 14.0. The van der Waals surface area contributed by atoms with Gasteiger partial charge in [-0.25, -0.2) is 13.2 Å². The maximum Gasteiger partial charge on any atom is 0.337 e. The van der Waals surface area contributed by atoms with Crippen molar-refractivity contribution in [2.75, 3.05) is 12.3 Å². The van der Waals surface area contributed by atoms with Crippen molar-refractivity contribution in [2.45, 2.75) is 30.0 Å². The smallest absolute Gasteiger partial charge is 0.337 e. The molecule has 0 bridgehead atoms. The van der Waals surface area contributed by atoms with Crippen LogP contribution in [0.4, 0.5) is 0 Å². The number of sulfonamides is 1. The van der Waals surface area contributed by atoms with Crippen LogP contribution in [0.1, 0.15) is 24.2 Å². The van der Waals surface area contributed by atoms with E-state index in [1.54, 1.807) is 11.8 Å². The number of carboxylic acid groups (broad SMARTS) is 1. The predicted molar refractivity (Wildman–Crippen MR) is 83.7 cm³/mol. The number of aromatic carboxylic acids is 1. The molecule has 0 saturated carbocycles. The lowest BCUT2D eigenvalue weighted by Gasteiger charge is -2.36. The summed E-state index contributed by atoms with van der Waals surface area (Å²) in [6, 6.07) is 3.64. The van der Waals surface area contributed by atoms with Gasteiger partial charge in [0.25, 0.3) is 0 Å². The van der Waals surface area contributed by atoms with Gasteiger partial charge in [-0.3, -0.25) is 0 Å². The summed E-state index contributed by atoms with van der Waals surface area (Å²) >= 11 is 7.52. The fourth-order valence-electron chi connectivity index (χ4n) is 2.21. The third kappa shape index (κ3) is 3.21. The van der Waals surface area contributed by atoms with Crippen LogP contribution in [-0.4, -0.2) is 47.4 Å². The van der Waals surface area contributed by atoms with E-state index in [-0.39, 0.29) is 26.8 Å². The summed E-state index contributed by atoms with van der Waals surface area (Å²) in [5.41, 5.74) is -0.204. The number of carboxylic acids is 1. The van der Waals surface area contributed by atoms with Crippen LogP contribution in [0.5, 0.6) is 0 Å². The van der Waals surface area contributed by atoms with E-state index in [0.717, 1.165) is 11.8 Å². The molecule has 0 spiro atoms. The first-order valence-corrected chi connectivity index (χ1v) is 9.28. The van der Waals surface area contributed by atoms with E-state index < -0.39 is 16.0 Å². The SMILES string of the molecule is CC1SCCN(S(=O)(=O)c2ccc(Cl)c(C(=O)O)c2)C1C. The molecule has 1 aromatic rings. The molecule has 0 aromatic heterocycles. The molecule has 1 aliphatic heterocycles. The minimum Gasteiger partial charge on any atom is -0.478 e. The van der Waals surface area contributed by atoms with Crippen LogP contribution in [0.25, 0.3) is 0 Å². The Labute approximate surface area is 133 Å². The predicted octanol–water partition coefficient (Wildman–Crippen LogP) is 2.55. The molecule has 8 heteroatoms. The molecule has 2 unspecified atom stereocenters. The highest BCUT2D eigenvalue weighted by molar-refractivity contribution is 8.00. The Balaban J connectivity index is 2.44. The van der Waals surface area contributed by atoms with Gasteiger partial charge in [0.2, 0.25) is 10.0 Å². The second-order valence-electron chi connectivity index (χ2n) is 4.88. The molecule has 1 fully saturated rings. The van der Waals surface area contributed by atoms with Crippen LogP contribution >= 0.6 is 23.4 Å². The van der Waals surface area contributed by atoms with Gasteiger partial charge in [0.15, 0.2) is 0 Å². The normalized spacial score (nSPS) is 24.0. The lowest BCUT2D eigenvalue weighted by atomic mass is 10.2. The van der Waals surface area contributed by atoms with Crippen molar-refractivity contribution >= 4 is 39.4 Å². The van der Waals surface area contributed by atoms with Crippen LogP contribution in [-0.2, 0) is 10.0 Å². The fourth-order valence-corrected chi connectivity index (χ4v) is 5.43. The second kappa shape index (κ2) is 6.16. The highest BCUT2D eigenvalue weighted by Gasteiger charge is 2.35. The molecule has 2 rings (SSSR count). The van der Waals surface area contributed by atoms with Crippen LogP contribution in [0.2, 0.25) is 5.02 Å². The highest BCUT2D eigenvalue weighted by Crippen LogP contribution is 2.30. The van der Waals surface area contributed by atoms with E-state index in [4.69, 9.17) is 16.7 Å². The van der Waals surface area contributed by atoms with E-state index in [0.29, 0.717) is 6.54 Å². The van der Waals surface area contributed by atoms with E-state index >= 15 is 0 Å².